The Morgan fingerprint density at radius 3 is 2.25 bits per heavy atom. The van der Waals surface area contributed by atoms with Crippen LogP contribution in [0.3, 0.4) is 0 Å². The van der Waals surface area contributed by atoms with Gasteiger partial charge in [-0.1, -0.05) is 0 Å². The lowest BCUT2D eigenvalue weighted by Gasteiger charge is -1.97. The molecule has 0 rings (SSSR count). The third-order valence-electron chi connectivity index (χ3n) is 0.643. The minimum atomic E-state index is 0.0972. The Balaban J connectivity index is 4.03. The Labute approximate surface area is 47.8 Å². The predicted molar refractivity (Wildman–Crippen MR) is 32.0 cm³/mol. The molecular formula is C4H9N3O. The van der Waals surface area contributed by atoms with E-state index in [0.717, 1.165) is 0 Å². The summed E-state index contributed by atoms with van der Waals surface area (Å²) in [5, 5.41) is 0. The van der Waals surface area contributed by atoms with Crippen molar-refractivity contribution in [1.29, 1.82) is 0 Å². The van der Waals surface area contributed by atoms with Crippen LogP contribution in [-0.4, -0.2) is 13.8 Å². The van der Waals surface area contributed by atoms with E-state index >= 15 is 0 Å². The molecule has 0 spiro atoms. The highest BCUT2D eigenvalue weighted by atomic mass is 16.5. The standard InChI is InChI=1S/C4H9N3O/c1-7-3(5)4(6)8-2/h1,5-6H2,2H3/b4-3-. The third kappa shape index (κ3) is 1.51. The van der Waals surface area contributed by atoms with Crippen LogP contribution in [0, 0.1) is 0 Å². The van der Waals surface area contributed by atoms with Crippen LogP contribution in [0.4, 0.5) is 0 Å². The van der Waals surface area contributed by atoms with Crippen LogP contribution in [0.15, 0.2) is 16.7 Å². The quantitative estimate of drug-likeness (QED) is 0.372. The van der Waals surface area contributed by atoms with E-state index in [9.17, 15) is 0 Å². The van der Waals surface area contributed by atoms with E-state index in [-0.39, 0.29) is 11.7 Å². The maximum atomic E-state index is 5.13. The van der Waals surface area contributed by atoms with Crippen molar-refractivity contribution < 1.29 is 4.74 Å². The fourth-order valence-corrected chi connectivity index (χ4v) is 0.182. The molecule has 0 aromatic rings. The van der Waals surface area contributed by atoms with Gasteiger partial charge in [0.05, 0.1) is 7.11 Å². The minimum absolute atomic E-state index is 0.0972. The van der Waals surface area contributed by atoms with Crippen molar-refractivity contribution in [3.05, 3.63) is 11.7 Å². The molecule has 0 bridgehead atoms. The molecule has 46 valence electrons. The number of nitrogens with two attached hydrogens (primary N) is 2. The van der Waals surface area contributed by atoms with E-state index in [1.165, 1.54) is 7.11 Å². The largest absolute Gasteiger partial charge is 0.480 e. The maximum absolute atomic E-state index is 5.13. The zero-order valence-electron chi connectivity index (χ0n) is 4.72. The van der Waals surface area contributed by atoms with Gasteiger partial charge in [-0.2, -0.15) is 0 Å². The van der Waals surface area contributed by atoms with Gasteiger partial charge in [0, 0.05) is 0 Å². The molecule has 0 aliphatic rings. The second-order valence-corrected chi connectivity index (χ2v) is 1.11. The van der Waals surface area contributed by atoms with Gasteiger partial charge in [-0.3, -0.25) is 0 Å². The van der Waals surface area contributed by atoms with Crippen molar-refractivity contribution in [2.45, 2.75) is 0 Å². The summed E-state index contributed by atoms with van der Waals surface area (Å²) in [5.41, 5.74) is 10.3. The first kappa shape index (κ1) is 6.81. The highest BCUT2D eigenvalue weighted by molar-refractivity contribution is 5.28. The fraction of sp³-hybridized carbons (Fsp3) is 0.250. The number of hydrogen-bond donors (Lipinski definition) is 2. The van der Waals surface area contributed by atoms with Crippen LogP contribution < -0.4 is 11.5 Å². The van der Waals surface area contributed by atoms with E-state index in [1.54, 1.807) is 0 Å². The summed E-state index contributed by atoms with van der Waals surface area (Å²) in [5.74, 6) is 0.215. The van der Waals surface area contributed by atoms with Crippen LogP contribution in [0.2, 0.25) is 0 Å². The van der Waals surface area contributed by atoms with Crippen LogP contribution in [0.25, 0.3) is 0 Å². The second-order valence-electron chi connectivity index (χ2n) is 1.11. The monoisotopic (exact) mass is 115 g/mol. The molecule has 0 aliphatic heterocycles. The van der Waals surface area contributed by atoms with E-state index in [4.69, 9.17) is 11.5 Å². The molecule has 4 nitrogen and oxygen atoms in total. The first-order valence-corrected chi connectivity index (χ1v) is 1.98. The summed E-state index contributed by atoms with van der Waals surface area (Å²) >= 11 is 0. The summed E-state index contributed by atoms with van der Waals surface area (Å²) in [7, 11) is 1.41. The van der Waals surface area contributed by atoms with E-state index < -0.39 is 0 Å². The Kier molecular flexibility index (Phi) is 2.47. The molecule has 0 aromatic carbocycles. The number of methoxy groups -OCH3 is 1. The number of hydrogen-bond acceptors (Lipinski definition) is 4. The summed E-state index contributed by atoms with van der Waals surface area (Å²) in [6.45, 7) is 3.14. The SMILES string of the molecule is C=N/C(N)=C(/N)OC. The van der Waals surface area contributed by atoms with Crippen molar-refractivity contribution >= 4 is 6.72 Å². The average Bonchev–Trinajstić information content (AvgIpc) is 1.84. The summed E-state index contributed by atoms with van der Waals surface area (Å²) in [6, 6.07) is 0. The maximum Gasteiger partial charge on any atom is 0.227 e. The normalized spacial score (nSPS) is 12.1. The van der Waals surface area contributed by atoms with Crippen molar-refractivity contribution in [1.82, 2.24) is 0 Å². The molecule has 0 aliphatic carbocycles. The highest BCUT2D eigenvalue weighted by Crippen LogP contribution is 1.89. The lowest BCUT2D eigenvalue weighted by atomic mass is 10.7. The summed E-state index contributed by atoms with van der Waals surface area (Å²) in [6.07, 6.45) is 0. The van der Waals surface area contributed by atoms with Crippen LogP contribution >= 0.6 is 0 Å². The van der Waals surface area contributed by atoms with Crippen LogP contribution in [0.1, 0.15) is 0 Å². The summed E-state index contributed by atoms with van der Waals surface area (Å²) < 4.78 is 4.50. The van der Waals surface area contributed by atoms with Crippen LogP contribution in [0.5, 0.6) is 0 Å². The number of aliphatic imine (C=N–C) groups is 1. The Hall–Kier alpha value is -1.19. The van der Waals surface area contributed by atoms with E-state index in [1.807, 2.05) is 0 Å². The Morgan fingerprint density at radius 2 is 2.12 bits per heavy atom. The van der Waals surface area contributed by atoms with Gasteiger partial charge in [0.1, 0.15) is 0 Å². The lowest BCUT2D eigenvalue weighted by molar-refractivity contribution is 0.282. The van der Waals surface area contributed by atoms with Gasteiger partial charge < -0.3 is 16.2 Å². The third-order valence-corrected chi connectivity index (χ3v) is 0.643. The van der Waals surface area contributed by atoms with Gasteiger partial charge in [-0.05, 0) is 6.72 Å². The van der Waals surface area contributed by atoms with Gasteiger partial charge in [-0.15, -0.1) is 0 Å². The van der Waals surface area contributed by atoms with Crippen molar-refractivity contribution in [3.8, 4) is 0 Å². The zero-order valence-corrected chi connectivity index (χ0v) is 4.72. The summed E-state index contributed by atoms with van der Waals surface area (Å²) in [4.78, 5) is 3.32. The first-order valence-electron chi connectivity index (χ1n) is 1.98. The van der Waals surface area contributed by atoms with Crippen LogP contribution in [-0.2, 0) is 4.74 Å². The Bertz CT molecular complexity index is 118. The lowest BCUT2D eigenvalue weighted by Crippen LogP contribution is -2.08. The molecule has 0 unspecified atom stereocenters. The van der Waals surface area contributed by atoms with Crippen molar-refractivity contribution in [2.75, 3.05) is 7.11 Å². The van der Waals surface area contributed by atoms with E-state index in [2.05, 4.69) is 16.4 Å². The smallest absolute Gasteiger partial charge is 0.227 e. The highest BCUT2D eigenvalue weighted by Gasteiger charge is 1.90. The minimum Gasteiger partial charge on any atom is -0.480 e. The fourth-order valence-electron chi connectivity index (χ4n) is 0.182. The molecule has 8 heavy (non-hydrogen) atoms. The molecule has 0 aromatic heterocycles. The molecule has 0 atom stereocenters. The van der Waals surface area contributed by atoms with Crippen molar-refractivity contribution in [3.63, 3.8) is 0 Å². The zero-order chi connectivity index (χ0) is 6.57. The molecule has 0 radical (unpaired) electrons. The molecule has 0 fully saturated rings. The molecule has 0 saturated carbocycles. The topological polar surface area (TPSA) is 73.6 Å². The first-order chi connectivity index (χ1) is 3.72. The molecular weight excluding hydrogens is 106 g/mol. The molecule has 0 amide bonds. The molecule has 0 saturated heterocycles. The predicted octanol–water partition coefficient (Wildman–Crippen LogP) is -0.623. The van der Waals surface area contributed by atoms with Gasteiger partial charge >= 0.3 is 0 Å². The van der Waals surface area contributed by atoms with Gasteiger partial charge in [-0.25, -0.2) is 4.99 Å². The molecule has 4 heteroatoms. The van der Waals surface area contributed by atoms with Crippen molar-refractivity contribution in [2.24, 2.45) is 16.5 Å². The van der Waals surface area contributed by atoms with Gasteiger partial charge in [0.25, 0.3) is 0 Å². The number of ether oxygens (including phenoxy) is 1. The Morgan fingerprint density at radius 1 is 1.62 bits per heavy atom. The second kappa shape index (κ2) is 2.90. The van der Waals surface area contributed by atoms with Gasteiger partial charge in [0.15, 0.2) is 5.82 Å². The van der Waals surface area contributed by atoms with E-state index in [0.29, 0.717) is 0 Å². The number of rotatable bonds is 2. The molecule has 4 N–H and O–H groups in total. The van der Waals surface area contributed by atoms with Gasteiger partial charge in [0.2, 0.25) is 5.88 Å². The number of nitrogens with zero attached hydrogens (tertiary/aromatic N) is 1. The average molecular weight is 115 g/mol. The molecule has 0 heterocycles.